The number of hydrogen-bond donors (Lipinski definition) is 0. The normalized spacial score (nSPS) is 8.70. The molecule has 1 aromatic heterocycles. The number of hydrogen-bond acceptors (Lipinski definition) is 3. The molecule has 0 bridgehead atoms. The van der Waals surface area contributed by atoms with Gasteiger partial charge in [-0.15, -0.1) is 0 Å². The van der Waals surface area contributed by atoms with E-state index >= 15 is 0 Å². The fraction of sp³-hybridized carbons (Fsp3) is 0.143. The van der Waals surface area contributed by atoms with Gasteiger partial charge in [0.25, 0.3) is 0 Å². The standard InChI is InChI=1S/C7H5NO2/c8-4-3-6(9)7-2-1-5-10-7/h1-2,5H,3H2. The van der Waals surface area contributed by atoms with Crippen LogP contribution in [0.5, 0.6) is 0 Å². The molecule has 10 heavy (non-hydrogen) atoms. The molecule has 0 amide bonds. The predicted molar refractivity (Wildman–Crippen MR) is 33.3 cm³/mol. The van der Waals surface area contributed by atoms with Crippen LogP contribution in [0, 0.1) is 11.3 Å². The Labute approximate surface area is 57.9 Å². The molecule has 3 heteroatoms. The van der Waals surface area contributed by atoms with Gasteiger partial charge >= 0.3 is 0 Å². The zero-order valence-corrected chi connectivity index (χ0v) is 5.20. The lowest BCUT2D eigenvalue weighted by Crippen LogP contribution is -1.93. The molecule has 1 heterocycles. The molecule has 0 fully saturated rings. The minimum Gasteiger partial charge on any atom is -0.461 e. The molecular weight excluding hydrogens is 130 g/mol. The molecule has 0 aliphatic rings. The first-order chi connectivity index (χ1) is 4.84. The van der Waals surface area contributed by atoms with Gasteiger partial charge in [0.2, 0.25) is 5.78 Å². The van der Waals surface area contributed by atoms with E-state index in [1.807, 2.05) is 0 Å². The Balaban J connectivity index is 2.71. The molecule has 1 rings (SSSR count). The van der Waals surface area contributed by atoms with Crippen molar-refractivity contribution in [2.45, 2.75) is 6.42 Å². The summed E-state index contributed by atoms with van der Waals surface area (Å²) in [6.07, 6.45) is 1.29. The van der Waals surface area contributed by atoms with Crippen LogP contribution in [0.15, 0.2) is 22.8 Å². The van der Waals surface area contributed by atoms with E-state index in [2.05, 4.69) is 0 Å². The van der Waals surface area contributed by atoms with Gasteiger partial charge in [0.05, 0.1) is 12.3 Å². The van der Waals surface area contributed by atoms with Crippen LogP contribution in [0.2, 0.25) is 0 Å². The number of rotatable bonds is 2. The van der Waals surface area contributed by atoms with E-state index in [0.717, 1.165) is 0 Å². The summed E-state index contributed by atoms with van der Waals surface area (Å²) in [5, 5.41) is 8.12. The van der Waals surface area contributed by atoms with E-state index in [1.54, 1.807) is 18.2 Å². The Morgan fingerprint density at radius 1 is 1.80 bits per heavy atom. The highest BCUT2D eigenvalue weighted by molar-refractivity contribution is 5.94. The maximum absolute atomic E-state index is 10.8. The maximum Gasteiger partial charge on any atom is 0.211 e. The molecule has 0 aliphatic heterocycles. The summed E-state index contributed by atoms with van der Waals surface area (Å²) in [6, 6.07) is 4.90. The second kappa shape index (κ2) is 2.83. The third kappa shape index (κ3) is 1.23. The molecule has 0 atom stereocenters. The van der Waals surface area contributed by atoms with E-state index in [9.17, 15) is 4.79 Å². The van der Waals surface area contributed by atoms with Gasteiger partial charge in [0.1, 0.15) is 6.42 Å². The minimum atomic E-state index is -0.271. The van der Waals surface area contributed by atoms with Crippen LogP contribution in [0.3, 0.4) is 0 Å². The highest BCUT2D eigenvalue weighted by atomic mass is 16.3. The van der Waals surface area contributed by atoms with E-state index in [0.29, 0.717) is 0 Å². The van der Waals surface area contributed by atoms with Crippen LogP contribution < -0.4 is 0 Å². The van der Waals surface area contributed by atoms with Gasteiger partial charge in [-0.3, -0.25) is 4.79 Å². The number of nitrogens with zero attached hydrogens (tertiary/aromatic N) is 1. The number of furan rings is 1. The summed E-state index contributed by atoms with van der Waals surface area (Å²) in [6.45, 7) is 0. The van der Waals surface area contributed by atoms with Gasteiger partial charge in [-0.05, 0) is 12.1 Å². The lowest BCUT2D eigenvalue weighted by Gasteiger charge is -1.84. The first kappa shape index (κ1) is 6.56. The third-order valence-electron chi connectivity index (χ3n) is 1.04. The number of Topliss-reactive ketones (excluding diaryl/α,β-unsaturated/α-hetero) is 1. The average Bonchev–Trinajstić information content (AvgIpc) is 2.38. The van der Waals surface area contributed by atoms with Crippen LogP contribution in [-0.2, 0) is 0 Å². The van der Waals surface area contributed by atoms with Crippen LogP contribution in [0.4, 0.5) is 0 Å². The Morgan fingerprint density at radius 3 is 3.10 bits per heavy atom. The summed E-state index contributed by atoms with van der Waals surface area (Å²) >= 11 is 0. The Hall–Kier alpha value is -1.56. The molecule has 0 radical (unpaired) electrons. The second-order valence-electron chi connectivity index (χ2n) is 1.74. The second-order valence-corrected chi connectivity index (χ2v) is 1.74. The lowest BCUT2D eigenvalue weighted by atomic mass is 10.2. The molecule has 1 aromatic rings. The molecular formula is C7H5NO2. The third-order valence-corrected chi connectivity index (χ3v) is 1.04. The van der Waals surface area contributed by atoms with E-state index in [1.165, 1.54) is 6.26 Å². The van der Waals surface area contributed by atoms with Crippen molar-refractivity contribution < 1.29 is 9.21 Å². The number of ketones is 1. The van der Waals surface area contributed by atoms with Crippen molar-refractivity contribution >= 4 is 5.78 Å². The number of carbonyl (C=O) groups excluding carboxylic acids is 1. The molecule has 50 valence electrons. The Kier molecular flexibility index (Phi) is 1.86. The first-order valence-electron chi connectivity index (χ1n) is 2.78. The maximum atomic E-state index is 10.8. The first-order valence-corrected chi connectivity index (χ1v) is 2.78. The molecule has 0 spiro atoms. The lowest BCUT2D eigenvalue weighted by molar-refractivity contribution is 0.0971. The number of carbonyl (C=O) groups is 1. The molecule has 0 saturated heterocycles. The SMILES string of the molecule is N#CCC(=O)c1ccco1. The number of nitriles is 1. The summed E-state index contributed by atoms with van der Waals surface area (Å²) in [5.41, 5.74) is 0. The molecule has 0 aromatic carbocycles. The summed E-state index contributed by atoms with van der Waals surface area (Å²) in [4.78, 5) is 10.8. The van der Waals surface area contributed by atoms with Gasteiger partial charge in [-0.2, -0.15) is 5.26 Å². The summed E-state index contributed by atoms with van der Waals surface area (Å²) < 4.78 is 4.75. The molecule has 0 unspecified atom stereocenters. The predicted octanol–water partition coefficient (Wildman–Crippen LogP) is 1.38. The average molecular weight is 135 g/mol. The quantitative estimate of drug-likeness (QED) is 0.575. The zero-order chi connectivity index (χ0) is 7.40. The van der Waals surface area contributed by atoms with Crippen LogP contribution in [0.1, 0.15) is 17.0 Å². The molecule has 0 saturated carbocycles. The largest absolute Gasteiger partial charge is 0.461 e. The van der Waals surface area contributed by atoms with Gasteiger partial charge in [0, 0.05) is 0 Å². The van der Waals surface area contributed by atoms with Gasteiger partial charge in [-0.25, -0.2) is 0 Å². The smallest absolute Gasteiger partial charge is 0.211 e. The van der Waals surface area contributed by atoms with Gasteiger partial charge in [0.15, 0.2) is 5.76 Å². The van der Waals surface area contributed by atoms with Crippen molar-refractivity contribution in [3.05, 3.63) is 24.2 Å². The molecule has 0 aliphatic carbocycles. The van der Waals surface area contributed by atoms with Crippen molar-refractivity contribution in [3.63, 3.8) is 0 Å². The Morgan fingerprint density at radius 2 is 2.60 bits per heavy atom. The van der Waals surface area contributed by atoms with Crippen molar-refractivity contribution in [2.24, 2.45) is 0 Å². The monoisotopic (exact) mass is 135 g/mol. The van der Waals surface area contributed by atoms with Crippen LogP contribution >= 0.6 is 0 Å². The van der Waals surface area contributed by atoms with Crippen LogP contribution in [-0.4, -0.2) is 5.78 Å². The van der Waals surface area contributed by atoms with Crippen molar-refractivity contribution in [2.75, 3.05) is 0 Å². The van der Waals surface area contributed by atoms with Crippen molar-refractivity contribution in [1.82, 2.24) is 0 Å². The minimum absolute atomic E-state index is 0.118. The Bertz CT molecular complexity index is 256. The summed E-state index contributed by atoms with van der Waals surface area (Å²) in [7, 11) is 0. The van der Waals surface area contributed by atoms with E-state index in [4.69, 9.17) is 9.68 Å². The van der Waals surface area contributed by atoms with E-state index in [-0.39, 0.29) is 18.0 Å². The molecule has 3 nitrogen and oxygen atoms in total. The van der Waals surface area contributed by atoms with Gasteiger partial charge < -0.3 is 4.42 Å². The van der Waals surface area contributed by atoms with E-state index < -0.39 is 0 Å². The molecule has 0 N–H and O–H groups in total. The topological polar surface area (TPSA) is 54.0 Å². The summed E-state index contributed by atoms with van der Waals surface area (Å²) in [5.74, 6) is -0.0194. The zero-order valence-electron chi connectivity index (χ0n) is 5.20. The fourth-order valence-electron chi connectivity index (χ4n) is 0.596. The van der Waals surface area contributed by atoms with Gasteiger partial charge in [-0.1, -0.05) is 0 Å². The van der Waals surface area contributed by atoms with Crippen molar-refractivity contribution in [3.8, 4) is 6.07 Å². The van der Waals surface area contributed by atoms with Crippen molar-refractivity contribution in [1.29, 1.82) is 5.26 Å². The van der Waals surface area contributed by atoms with Crippen LogP contribution in [0.25, 0.3) is 0 Å². The highest BCUT2D eigenvalue weighted by Crippen LogP contribution is 2.02. The highest BCUT2D eigenvalue weighted by Gasteiger charge is 2.05. The fourth-order valence-corrected chi connectivity index (χ4v) is 0.596.